The summed E-state index contributed by atoms with van der Waals surface area (Å²) >= 11 is 0. The van der Waals surface area contributed by atoms with Crippen LogP contribution >= 0.6 is 0 Å². The first-order valence-corrected chi connectivity index (χ1v) is 9.17. The van der Waals surface area contributed by atoms with Crippen molar-refractivity contribution in [2.24, 2.45) is 5.92 Å². The summed E-state index contributed by atoms with van der Waals surface area (Å²) in [6.45, 7) is 3.13. The van der Waals surface area contributed by atoms with E-state index >= 15 is 0 Å². The molecule has 1 fully saturated rings. The Morgan fingerprint density at radius 2 is 2.29 bits per heavy atom. The maximum absolute atomic E-state index is 11.7. The summed E-state index contributed by atoms with van der Waals surface area (Å²) in [4.78, 5) is 8.59. The Bertz CT molecular complexity index is 576. The van der Waals surface area contributed by atoms with Crippen molar-refractivity contribution in [2.45, 2.75) is 32.2 Å². The van der Waals surface area contributed by atoms with Gasteiger partial charge in [0.25, 0.3) is 0 Å². The van der Waals surface area contributed by atoms with Gasteiger partial charge in [0.15, 0.2) is 0 Å². The summed E-state index contributed by atoms with van der Waals surface area (Å²) in [6.07, 6.45) is 5.94. The largest absolute Gasteiger partial charge is 0.312 e. The lowest BCUT2D eigenvalue weighted by atomic mass is 9.91. The van der Waals surface area contributed by atoms with Gasteiger partial charge in [-0.2, -0.15) is 0 Å². The van der Waals surface area contributed by atoms with Crippen LogP contribution in [0.4, 0.5) is 0 Å². The van der Waals surface area contributed by atoms with Gasteiger partial charge in [-0.05, 0) is 45.2 Å². The van der Waals surface area contributed by atoms with E-state index in [2.05, 4.69) is 15.3 Å². The lowest BCUT2D eigenvalue weighted by molar-refractivity contribution is 0.239. The molecule has 2 heterocycles. The van der Waals surface area contributed by atoms with Crippen molar-refractivity contribution in [3.8, 4) is 0 Å². The molecular weight excluding hydrogens is 288 g/mol. The second-order valence-corrected chi connectivity index (χ2v) is 7.72. The quantitative estimate of drug-likeness (QED) is 0.881. The molecule has 0 radical (unpaired) electrons. The Kier molecular flexibility index (Phi) is 5.29. The van der Waals surface area contributed by atoms with Crippen LogP contribution in [0.15, 0.2) is 12.3 Å². The molecule has 1 saturated heterocycles. The van der Waals surface area contributed by atoms with E-state index in [1.54, 1.807) is 10.5 Å². The van der Waals surface area contributed by atoms with Gasteiger partial charge in [-0.1, -0.05) is 0 Å². The molecule has 6 nitrogen and oxygen atoms in total. The third kappa shape index (κ3) is 4.46. The standard InChI is InChI=1S/C14H24N4O2S/c1-11-16-7-6-13(17-11)14(15-2)9-12-5-4-8-18(10-12)21(3,19)20/h6-7,12,14-15H,4-5,8-10H2,1-3H3. The molecule has 0 bridgehead atoms. The molecule has 2 unspecified atom stereocenters. The third-order valence-electron chi connectivity index (χ3n) is 4.02. The molecule has 118 valence electrons. The second kappa shape index (κ2) is 6.81. The highest BCUT2D eigenvalue weighted by molar-refractivity contribution is 7.88. The number of hydrogen-bond acceptors (Lipinski definition) is 5. The van der Waals surface area contributed by atoms with Gasteiger partial charge in [-0.15, -0.1) is 0 Å². The van der Waals surface area contributed by atoms with Crippen LogP contribution in [0.25, 0.3) is 0 Å². The predicted molar refractivity (Wildman–Crippen MR) is 82.3 cm³/mol. The van der Waals surface area contributed by atoms with E-state index in [4.69, 9.17) is 0 Å². The van der Waals surface area contributed by atoms with Gasteiger partial charge in [-0.25, -0.2) is 22.7 Å². The first-order valence-electron chi connectivity index (χ1n) is 7.32. The fourth-order valence-electron chi connectivity index (χ4n) is 2.91. The maximum atomic E-state index is 11.7. The van der Waals surface area contributed by atoms with Gasteiger partial charge < -0.3 is 5.32 Å². The Morgan fingerprint density at radius 3 is 2.90 bits per heavy atom. The molecule has 1 aromatic heterocycles. The van der Waals surface area contributed by atoms with E-state index in [1.165, 1.54) is 6.26 Å². The number of aromatic nitrogens is 2. The first-order chi connectivity index (χ1) is 9.90. The van der Waals surface area contributed by atoms with Crippen molar-refractivity contribution < 1.29 is 8.42 Å². The minimum Gasteiger partial charge on any atom is -0.312 e. The third-order valence-corrected chi connectivity index (χ3v) is 5.29. The predicted octanol–water partition coefficient (Wildman–Crippen LogP) is 1.11. The van der Waals surface area contributed by atoms with Crippen molar-refractivity contribution in [3.05, 3.63) is 23.8 Å². The zero-order chi connectivity index (χ0) is 15.5. The molecule has 21 heavy (non-hydrogen) atoms. The zero-order valence-corrected chi connectivity index (χ0v) is 13.7. The normalized spacial score (nSPS) is 22.1. The van der Waals surface area contributed by atoms with Crippen LogP contribution in [0.1, 0.15) is 36.8 Å². The van der Waals surface area contributed by atoms with E-state index < -0.39 is 10.0 Å². The van der Waals surface area contributed by atoms with Crippen LogP contribution in [-0.2, 0) is 10.0 Å². The number of piperidine rings is 1. The van der Waals surface area contributed by atoms with Crippen LogP contribution < -0.4 is 5.32 Å². The van der Waals surface area contributed by atoms with E-state index in [9.17, 15) is 8.42 Å². The van der Waals surface area contributed by atoms with Crippen molar-refractivity contribution in [3.63, 3.8) is 0 Å². The second-order valence-electron chi connectivity index (χ2n) is 5.73. The van der Waals surface area contributed by atoms with Crippen LogP contribution in [-0.4, -0.2) is 49.1 Å². The summed E-state index contributed by atoms with van der Waals surface area (Å²) < 4.78 is 25.0. The smallest absolute Gasteiger partial charge is 0.211 e. The van der Waals surface area contributed by atoms with Gasteiger partial charge in [0.2, 0.25) is 10.0 Å². The molecule has 0 aliphatic carbocycles. The average Bonchev–Trinajstić information content (AvgIpc) is 2.44. The Morgan fingerprint density at radius 1 is 1.52 bits per heavy atom. The number of nitrogens with zero attached hydrogens (tertiary/aromatic N) is 3. The number of sulfonamides is 1. The molecule has 1 aromatic rings. The SMILES string of the molecule is CNC(CC1CCCN(S(C)(=O)=O)C1)c1ccnc(C)n1. The summed E-state index contributed by atoms with van der Waals surface area (Å²) in [7, 11) is -1.17. The first kappa shape index (κ1) is 16.3. The lowest BCUT2D eigenvalue weighted by Crippen LogP contribution is -2.40. The van der Waals surface area contributed by atoms with Crippen molar-refractivity contribution in [1.29, 1.82) is 0 Å². The van der Waals surface area contributed by atoms with E-state index in [-0.39, 0.29) is 6.04 Å². The molecular formula is C14H24N4O2S. The van der Waals surface area contributed by atoms with Gasteiger partial charge >= 0.3 is 0 Å². The molecule has 2 rings (SSSR count). The van der Waals surface area contributed by atoms with Crippen LogP contribution in [0.5, 0.6) is 0 Å². The maximum Gasteiger partial charge on any atom is 0.211 e. The molecule has 0 aromatic carbocycles. The highest BCUT2D eigenvalue weighted by Crippen LogP contribution is 2.27. The number of nitrogens with one attached hydrogen (secondary N) is 1. The van der Waals surface area contributed by atoms with Gasteiger partial charge in [0.05, 0.1) is 11.9 Å². The van der Waals surface area contributed by atoms with E-state index in [0.29, 0.717) is 19.0 Å². The molecule has 0 amide bonds. The minimum absolute atomic E-state index is 0.135. The highest BCUT2D eigenvalue weighted by Gasteiger charge is 2.28. The number of rotatable bonds is 5. The fraction of sp³-hybridized carbons (Fsp3) is 0.714. The molecule has 1 N–H and O–H groups in total. The fourth-order valence-corrected chi connectivity index (χ4v) is 3.85. The van der Waals surface area contributed by atoms with Gasteiger partial charge in [0, 0.05) is 25.3 Å². The number of aryl methyl sites for hydroxylation is 1. The molecule has 1 aliphatic heterocycles. The molecule has 0 spiro atoms. The summed E-state index contributed by atoms with van der Waals surface area (Å²) in [6, 6.07) is 2.06. The minimum atomic E-state index is -3.09. The monoisotopic (exact) mass is 312 g/mol. The molecule has 7 heteroatoms. The van der Waals surface area contributed by atoms with E-state index in [0.717, 1.165) is 30.8 Å². The van der Waals surface area contributed by atoms with Crippen molar-refractivity contribution in [2.75, 3.05) is 26.4 Å². The number of hydrogen-bond donors (Lipinski definition) is 1. The Hall–Kier alpha value is -1.05. The van der Waals surface area contributed by atoms with E-state index in [1.807, 2.05) is 20.0 Å². The summed E-state index contributed by atoms with van der Waals surface area (Å²) in [5, 5.41) is 3.29. The Labute approximate surface area is 127 Å². The van der Waals surface area contributed by atoms with Gasteiger partial charge in [0.1, 0.15) is 5.82 Å². The zero-order valence-electron chi connectivity index (χ0n) is 12.9. The molecule has 0 saturated carbocycles. The van der Waals surface area contributed by atoms with Crippen LogP contribution in [0.2, 0.25) is 0 Å². The molecule has 1 aliphatic rings. The summed E-state index contributed by atoms with van der Waals surface area (Å²) in [5.74, 6) is 1.12. The molecule has 2 atom stereocenters. The Balaban J connectivity index is 2.05. The highest BCUT2D eigenvalue weighted by atomic mass is 32.2. The van der Waals surface area contributed by atoms with Crippen molar-refractivity contribution >= 4 is 10.0 Å². The average molecular weight is 312 g/mol. The van der Waals surface area contributed by atoms with Crippen LogP contribution in [0.3, 0.4) is 0 Å². The van der Waals surface area contributed by atoms with Crippen molar-refractivity contribution in [1.82, 2.24) is 19.6 Å². The lowest BCUT2D eigenvalue weighted by Gasteiger charge is -2.32. The summed E-state index contributed by atoms with van der Waals surface area (Å²) in [5.41, 5.74) is 0.974. The van der Waals surface area contributed by atoms with Gasteiger partial charge in [-0.3, -0.25) is 0 Å². The topological polar surface area (TPSA) is 75.2 Å². The van der Waals surface area contributed by atoms with Crippen LogP contribution in [0, 0.1) is 12.8 Å².